The van der Waals surface area contributed by atoms with Crippen molar-refractivity contribution < 1.29 is 14.7 Å². The number of aliphatic carboxylic acids is 1. The average Bonchev–Trinajstić information content (AvgIpc) is 2.15. The molecule has 5 nitrogen and oxygen atoms in total. The summed E-state index contributed by atoms with van der Waals surface area (Å²) in [6, 6.07) is -0.184. The van der Waals surface area contributed by atoms with Crippen LogP contribution in [0.1, 0.15) is 33.1 Å². The largest absolute Gasteiger partial charge is 0.480 e. The standard InChI is InChI=1S/C10H20N2O3/c1-4-6-8(5-2)11-10(15)12(3)7-9(13)14/h8H,4-7H2,1-3H3,(H,11,15)(H,13,14). The number of carbonyl (C=O) groups is 2. The smallest absolute Gasteiger partial charge is 0.323 e. The molecule has 2 N–H and O–H groups in total. The molecule has 0 bridgehead atoms. The second-order valence-electron chi connectivity index (χ2n) is 3.59. The van der Waals surface area contributed by atoms with Crippen molar-refractivity contribution in [2.24, 2.45) is 0 Å². The molecule has 0 fully saturated rings. The quantitative estimate of drug-likeness (QED) is 0.703. The summed E-state index contributed by atoms with van der Waals surface area (Å²) in [5, 5.41) is 11.3. The first-order valence-electron chi connectivity index (χ1n) is 5.24. The van der Waals surface area contributed by atoms with Gasteiger partial charge >= 0.3 is 12.0 Å². The highest BCUT2D eigenvalue weighted by Crippen LogP contribution is 2.01. The number of hydrogen-bond donors (Lipinski definition) is 2. The van der Waals surface area contributed by atoms with Gasteiger partial charge < -0.3 is 15.3 Å². The maximum absolute atomic E-state index is 11.5. The lowest BCUT2D eigenvalue weighted by atomic mass is 10.1. The summed E-state index contributed by atoms with van der Waals surface area (Å²) in [6.45, 7) is 3.78. The van der Waals surface area contributed by atoms with Gasteiger partial charge in [-0.2, -0.15) is 0 Å². The first kappa shape index (κ1) is 13.7. The maximum Gasteiger partial charge on any atom is 0.323 e. The minimum absolute atomic E-state index is 0.138. The molecule has 0 aromatic carbocycles. The number of nitrogens with zero attached hydrogens (tertiary/aromatic N) is 1. The molecule has 1 unspecified atom stereocenters. The van der Waals surface area contributed by atoms with Gasteiger partial charge in [0.25, 0.3) is 0 Å². The zero-order chi connectivity index (χ0) is 11.8. The Morgan fingerprint density at radius 2 is 2.00 bits per heavy atom. The Morgan fingerprint density at radius 1 is 1.40 bits per heavy atom. The molecule has 0 aromatic heterocycles. The van der Waals surface area contributed by atoms with Crippen LogP contribution in [0.3, 0.4) is 0 Å². The molecule has 1 atom stereocenters. The number of amides is 2. The second kappa shape index (κ2) is 7.09. The van der Waals surface area contributed by atoms with Gasteiger partial charge in [-0.3, -0.25) is 4.79 Å². The van der Waals surface area contributed by atoms with Crippen LogP contribution in [-0.2, 0) is 4.79 Å². The molecule has 5 heteroatoms. The van der Waals surface area contributed by atoms with Crippen molar-refractivity contribution in [1.29, 1.82) is 0 Å². The van der Waals surface area contributed by atoms with Crippen LogP contribution >= 0.6 is 0 Å². The van der Waals surface area contributed by atoms with E-state index in [2.05, 4.69) is 12.2 Å². The van der Waals surface area contributed by atoms with Crippen LogP contribution < -0.4 is 5.32 Å². The van der Waals surface area contributed by atoms with Crippen LogP contribution in [0.15, 0.2) is 0 Å². The maximum atomic E-state index is 11.5. The molecule has 88 valence electrons. The molecule has 0 aromatic rings. The molecule has 0 aliphatic rings. The Bertz CT molecular complexity index is 219. The van der Waals surface area contributed by atoms with Crippen molar-refractivity contribution in [3.8, 4) is 0 Å². The van der Waals surface area contributed by atoms with Crippen molar-refractivity contribution in [3.63, 3.8) is 0 Å². The summed E-state index contributed by atoms with van der Waals surface area (Å²) < 4.78 is 0. The first-order chi connectivity index (χ1) is 7.01. The topological polar surface area (TPSA) is 69.6 Å². The van der Waals surface area contributed by atoms with Gasteiger partial charge in [0, 0.05) is 13.1 Å². The van der Waals surface area contributed by atoms with Gasteiger partial charge in [-0.1, -0.05) is 20.3 Å². The normalized spacial score (nSPS) is 11.9. The van der Waals surface area contributed by atoms with Gasteiger partial charge in [0.2, 0.25) is 0 Å². The van der Waals surface area contributed by atoms with Crippen molar-refractivity contribution in [3.05, 3.63) is 0 Å². The molecule has 15 heavy (non-hydrogen) atoms. The minimum Gasteiger partial charge on any atom is -0.480 e. The molecule has 0 heterocycles. The lowest BCUT2D eigenvalue weighted by molar-refractivity contribution is -0.137. The Morgan fingerprint density at radius 3 is 2.40 bits per heavy atom. The van der Waals surface area contributed by atoms with Crippen molar-refractivity contribution in [1.82, 2.24) is 10.2 Å². The van der Waals surface area contributed by atoms with Crippen LogP contribution in [0.2, 0.25) is 0 Å². The highest BCUT2D eigenvalue weighted by Gasteiger charge is 2.14. The number of hydrogen-bond acceptors (Lipinski definition) is 2. The summed E-state index contributed by atoms with van der Waals surface area (Å²) in [5.41, 5.74) is 0. The lowest BCUT2D eigenvalue weighted by Crippen LogP contribution is -2.44. The second-order valence-corrected chi connectivity index (χ2v) is 3.59. The SMILES string of the molecule is CCCC(CC)NC(=O)N(C)CC(=O)O. The van der Waals surface area contributed by atoms with Crippen LogP contribution in [0.25, 0.3) is 0 Å². The monoisotopic (exact) mass is 216 g/mol. The zero-order valence-electron chi connectivity index (χ0n) is 9.62. The van der Waals surface area contributed by atoms with Crippen LogP contribution in [0.4, 0.5) is 4.79 Å². The number of carboxylic acid groups (broad SMARTS) is 1. The highest BCUT2D eigenvalue weighted by atomic mass is 16.4. The summed E-state index contributed by atoms with van der Waals surface area (Å²) >= 11 is 0. The number of nitrogens with one attached hydrogen (secondary N) is 1. The summed E-state index contributed by atoms with van der Waals surface area (Å²) in [4.78, 5) is 23.0. The van der Waals surface area contributed by atoms with Gasteiger partial charge in [0.1, 0.15) is 6.54 Å². The number of carbonyl (C=O) groups excluding carboxylic acids is 1. The van der Waals surface area contributed by atoms with Gasteiger partial charge in [0.15, 0.2) is 0 Å². The third-order valence-corrected chi connectivity index (χ3v) is 2.18. The number of carboxylic acids is 1. The van der Waals surface area contributed by atoms with Crippen molar-refractivity contribution in [2.75, 3.05) is 13.6 Å². The molecule has 0 rings (SSSR count). The molecule has 0 aliphatic heterocycles. The van der Waals surface area contributed by atoms with E-state index in [9.17, 15) is 9.59 Å². The molecular formula is C10H20N2O3. The minimum atomic E-state index is -1.00. The number of urea groups is 1. The Labute approximate surface area is 90.5 Å². The Hall–Kier alpha value is -1.26. The third-order valence-electron chi connectivity index (χ3n) is 2.18. The fraction of sp³-hybridized carbons (Fsp3) is 0.800. The molecule has 0 spiro atoms. The van der Waals surface area contributed by atoms with E-state index in [1.807, 2.05) is 6.92 Å². The summed E-state index contributed by atoms with van der Waals surface area (Å²) in [5.74, 6) is -1.00. The molecule has 0 saturated carbocycles. The molecule has 2 amide bonds. The molecular weight excluding hydrogens is 196 g/mol. The molecule has 0 radical (unpaired) electrons. The predicted molar refractivity (Wildman–Crippen MR) is 57.8 cm³/mol. The van der Waals surface area contributed by atoms with Gasteiger partial charge in [-0.05, 0) is 12.8 Å². The van der Waals surface area contributed by atoms with E-state index < -0.39 is 5.97 Å². The van der Waals surface area contributed by atoms with E-state index in [1.165, 1.54) is 11.9 Å². The van der Waals surface area contributed by atoms with Gasteiger partial charge in [-0.15, -0.1) is 0 Å². The number of rotatable bonds is 6. The third kappa shape index (κ3) is 5.93. The molecule has 0 aliphatic carbocycles. The van der Waals surface area contributed by atoms with Crippen LogP contribution in [-0.4, -0.2) is 41.6 Å². The zero-order valence-corrected chi connectivity index (χ0v) is 9.62. The summed E-state index contributed by atoms with van der Waals surface area (Å²) in [7, 11) is 1.47. The fourth-order valence-corrected chi connectivity index (χ4v) is 1.29. The van der Waals surface area contributed by atoms with E-state index in [4.69, 9.17) is 5.11 Å². The van der Waals surface area contributed by atoms with E-state index in [0.29, 0.717) is 0 Å². The van der Waals surface area contributed by atoms with E-state index in [0.717, 1.165) is 19.3 Å². The van der Waals surface area contributed by atoms with E-state index in [-0.39, 0.29) is 18.6 Å². The molecule has 0 saturated heterocycles. The van der Waals surface area contributed by atoms with Crippen LogP contribution in [0, 0.1) is 0 Å². The van der Waals surface area contributed by atoms with Crippen LogP contribution in [0.5, 0.6) is 0 Å². The average molecular weight is 216 g/mol. The van der Waals surface area contributed by atoms with Gasteiger partial charge in [-0.25, -0.2) is 4.79 Å². The van der Waals surface area contributed by atoms with E-state index >= 15 is 0 Å². The summed E-state index contributed by atoms with van der Waals surface area (Å²) in [6.07, 6.45) is 2.78. The Kier molecular flexibility index (Phi) is 6.49. The van der Waals surface area contributed by atoms with E-state index in [1.54, 1.807) is 0 Å². The van der Waals surface area contributed by atoms with Gasteiger partial charge in [0.05, 0.1) is 0 Å². The lowest BCUT2D eigenvalue weighted by Gasteiger charge is -2.21. The first-order valence-corrected chi connectivity index (χ1v) is 5.24. The highest BCUT2D eigenvalue weighted by molar-refractivity contribution is 5.79. The fourth-order valence-electron chi connectivity index (χ4n) is 1.29. The predicted octanol–water partition coefficient (Wildman–Crippen LogP) is 1.29. The van der Waals surface area contributed by atoms with Crippen molar-refractivity contribution >= 4 is 12.0 Å². The van der Waals surface area contributed by atoms with Crippen molar-refractivity contribution in [2.45, 2.75) is 39.2 Å². The number of likely N-dealkylation sites (N-methyl/N-ethyl adjacent to an activating group) is 1. The Balaban J connectivity index is 4.03.